The number of nitrogens with zero attached hydrogens (tertiary/aromatic N) is 2. The van der Waals surface area contributed by atoms with Crippen molar-refractivity contribution in [3.63, 3.8) is 0 Å². The molecule has 0 fully saturated rings. The average molecular weight is 416 g/mol. The quantitative estimate of drug-likeness (QED) is 0.595. The van der Waals surface area contributed by atoms with Crippen LogP contribution in [0.2, 0.25) is 5.02 Å². The first-order chi connectivity index (χ1) is 13.5. The van der Waals surface area contributed by atoms with Crippen molar-refractivity contribution in [2.24, 2.45) is 0 Å². The Morgan fingerprint density at radius 3 is 2.68 bits per heavy atom. The van der Waals surface area contributed by atoms with Crippen LogP contribution in [0.3, 0.4) is 0 Å². The number of benzene rings is 1. The predicted octanol–water partition coefficient (Wildman–Crippen LogP) is 4.60. The van der Waals surface area contributed by atoms with E-state index in [1.807, 2.05) is 17.5 Å². The molecule has 3 aromatic rings. The van der Waals surface area contributed by atoms with Crippen LogP contribution in [-0.4, -0.2) is 27.9 Å². The van der Waals surface area contributed by atoms with Gasteiger partial charge in [0.2, 0.25) is 0 Å². The summed E-state index contributed by atoms with van der Waals surface area (Å²) < 4.78 is 5.15. The predicted molar refractivity (Wildman–Crippen MR) is 110 cm³/mol. The average Bonchev–Trinajstić information content (AvgIpc) is 3.16. The molecule has 0 radical (unpaired) electrons. The normalized spacial score (nSPS) is 11.7. The zero-order valence-corrected chi connectivity index (χ0v) is 16.9. The number of aromatic nitrogens is 2. The maximum Gasteiger partial charge on any atom is 0.357 e. The van der Waals surface area contributed by atoms with Gasteiger partial charge in [-0.05, 0) is 31.0 Å². The third-order valence-electron chi connectivity index (χ3n) is 3.98. The number of hydrogen-bond acceptors (Lipinski definition) is 6. The summed E-state index contributed by atoms with van der Waals surface area (Å²) in [6.07, 6.45) is 1.36. The number of aryl methyl sites for hydroxylation is 1. The standard InChI is InChI=1S/C20H18ClN3O3S/c1-3-13-4-6-14(7-5-13)17-11-28-20(23-17)24-18(25)12(2)27-19(26)16-10-15(21)8-9-22-16/h4-12H,3H2,1-2H3,(H,23,24,25)/t12-/m1/s1. The number of hydrogen-bond donors (Lipinski definition) is 1. The van der Waals surface area contributed by atoms with Crippen LogP contribution < -0.4 is 5.32 Å². The molecule has 6 nitrogen and oxygen atoms in total. The summed E-state index contributed by atoms with van der Waals surface area (Å²) in [5.41, 5.74) is 3.03. The van der Waals surface area contributed by atoms with Crippen LogP contribution >= 0.6 is 22.9 Å². The van der Waals surface area contributed by atoms with Gasteiger partial charge in [0.15, 0.2) is 11.2 Å². The lowest BCUT2D eigenvalue weighted by atomic mass is 10.1. The molecule has 2 aromatic heterocycles. The third kappa shape index (κ3) is 4.94. The van der Waals surface area contributed by atoms with Gasteiger partial charge in [-0.3, -0.25) is 10.1 Å². The number of halogens is 1. The SMILES string of the molecule is CCc1ccc(-c2csc(NC(=O)[C@@H](C)OC(=O)c3cc(Cl)ccn3)n2)cc1. The van der Waals surface area contributed by atoms with E-state index in [2.05, 4.69) is 34.3 Å². The van der Waals surface area contributed by atoms with E-state index in [1.165, 1.54) is 36.1 Å². The van der Waals surface area contributed by atoms with Crippen LogP contribution in [0.1, 0.15) is 29.9 Å². The van der Waals surface area contributed by atoms with Crippen LogP contribution in [0, 0.1) is 0 Å². The second kappa shape index (κ2) is 8.95. The number of carbonyl (C=O) groups excluding carboxylic acids is 2. The molecular formula is C20H18ClN3O3S. The number of rotatable bonds is 6. The summed E-state index contributed by atoms with van der Waals surface area (Å²) in [4.78, 5) is 32.7. The number of nitrogens with one attached hydrogen (secondary N) is 1. The number of esters is 1. The molecule has 1 N–H and O–H groups in total. The summed E-state index contributed by atoms with van der Waals surface area (Å²) in [6.45, 7) is 3.58. The maximum atomic E-state index is 12.3. The summed E-state index contributed by atoms with van der Waals surface area (Å²) >= 11 is 7.14. The minimum Gasteiger partial charge on any atom is -0.448 e. The van der Waals surface area contributed by atoms with Crippen molar-refractivity contribution in [1.29, 1.82) is 0 Å². The van der Waals surface area contributed by atoms with Crippen molar-refractivity contribution in [2.45, 2.75) is 26.4 Å². The van der Waals surface area contributed by atoms with Crippen molar-refractivity contribution in [3.8, 4) is 11.3 Å². The molecule has 1 aromatic carbocycles. The van der Waals surface area contributed by atoms with Gasteiger partial charge in [0.25, 0.3) is 5.91 Å². The number of ether oxygens (including phenoxy) is 1. The lowest BCUT2D eigenvalue weighted by molar-refractivity contribution is -0.123. The van der Waals surface area contributed by atoms with Crippen LogP contribution in [-0.2, 0) is 16.0 Å². The van der Waals surface area contributed by atoms with E-state index >= 15 is 0 Å². The Morgan fingerprint density at radius 1 is 1.25 bits per heavy atom. The van der Waals surface area contributed by atoms with Crippen LogP contribution in [0.25, 0.3) is 11.3 Å². The van der Waals surface area contributed by atoms with E-state index in [-0.39, 0.29) is 5.69 Å². The van der Waals surface area contributed by atoms with Crippen molar-refractivity contribution in [3.05, 3.63) is 64.3 Å². The van der Waals surface area contributed by atoms with Gasteiger partial charge < -0.3 is 4.74 Å². The first-order valence-electron chi connectivity index (χ1n) is 8.64. The fraction of sp³-hybridized carbons (Fsp3) is 0.200. The lowest BCUT2D eigenvalue weighted by Crippen LogP contribution is -2.30. The molecular weight excluding hydrogens is 398 g/mol. The van der Waals surface area contributed by atoms with Crippen molar-refractivity contribution in [1.82, 2.24) is 9.97 Å². The first-order valence-corrected chi connectivity index (χ1v) is 9.90. The highest BCUT2D eigenvalue weighted by Crippen LogP contribution is 2.25. The molecule has 2 heterocycles. The Bertz CT molecular complexity index is 988. The van der Waals surface area contributed by atoms with E-state index in [0.717, 1.165) is 17.7 Å². The zero-order valence-electron chi connectivity index (χ0n) is 15.3. The van der Waals surface area contributed by atoms with Crippen molar-refractivity contribution in [2.75, 3.05) is 5.32 Å². The topological polar surface area (TPSA) is 81.2 Å². The van der Waals surface area contributed by atoms with Gasteiger partial charge in [-0.15, -0.1) is 11.3 Å². The zero-order chi connectivity index (χ0) is 20.1. The molecule has 1 amide bonds. The Kier molecular flexibility index (Phi) is 6.38. The number of thiazole rings is 1. The minimum absolute atomic E-state index is 0.0409. The smallest absolute Gasteiger partial charge is 0.357 e. The molecule has 8 heteroatoms. The number of anilines is 1. The molecule has 1 atom stereocenters. The Labute approximate surface area is 171 Å². The largest absolute Gasteiger partial charge is 0.448 e. The monoisotopic (exact) mass is 415 g/mol. The second-order valence-corrected chi connectivity index (χ2v) is 7.28. The summed E-state index contributed by atoms with van der Waals surface area (Å²) in [5.74, 6) is -1.20. The van der Waals surface area contributed by atoms with Gasteiger partial charge in [0, 0.05) is 22.2 Å². The minimum atomic E-state index is -1.01. The van der Waals surface area contributed by atoms with Gasteiger partial charge in [-0.25, -0.2) is 14.8 Å². The molecule has 0 bridgehead atoms. The summed E-state index contributed by atoms with van der Waals surface area (Å²) in [6, 6.07) is 11.0. The Balaban J connectivity index is 1.61. The van der Waals surface area contributed by atoms with E-state index in [1.54, 1.807) is 6.07 Å². The van der Waals surface area contributed by atoms with E-state index < -0.39 is 18.0 Å². The number of amides is 1. The van der Waals surface area contributed by atoms with Gasteiger partial charge in [0.05, 0.1) is 5.69 Å². The molecule has 0 unspecified atom stereocenters. The highest BCUT2D eigenvalue weighted by atomic mass is 35.5. The van der Waals surface area contributed by atoms with Crippen molar-refractivity contribution >= 4 is 39.9 Å². The summed E-state index contributed by atoms with van der Waals surface area (Å²) in [5, 5.41) is 5.33. The molecule has 0 spiro atoms. The molecule has 0 aliphatic carbocycles. The second-order valence-electron chi connectivity index (χ2n) is 5.98. The van der Waals surface area contributed by atoms with Gasteiger partial charge in [-0.2, -0.15) is 0 Å². The number of carbonyl (C=O) groups is 2. The van der Waals surface area contributed by atoms with Crippen LogP contribution in [0.4, 0.5) is 5.13 Å². The van der Waals surface area contributed by atoms with Gasteiger partial charge >= 0.3 is 5.97 Å². The molecule has 0 saturated heterocycles. The van der Waals surface area contributed by atoms with Gasteiger partial charge in [-0.1, -0.05) is 42.8 Å². The Morgan fingerprint density at radius 2 is 2.00 bits per heavy atom. The molecule has 28 heavy (non-hydrogen) atoms. The third-order valence-corrected chi connectivity index (χ3v) is 4.97. The van der Waals surface area contributed by atoms with Crippen LogP contribution in [0.5, 0.6) is 0 Å². The molecule has 0 aliphatic rings. The van der Waals surface area contributed by atoms with E-state index in [9.17, 15) is 9.59 Å². The van der Waals surface area contributed by atoms with Crippen LogP contribution in [0.15, 0.2) is 48.0 Å². The Hall–Kier alpha value is -2.77. The summed E-state index contributed by atoms with van der Waals surface area (Å²) in [7, 11) is 0. The first kappa shape index (κ1) is 20.0. The molecule has 0 aliphatic heterocycles. The highest BCUT2D eigenvalue weighted by molar-refractivity contribution is 7.14. The van der Waals surface area contributed by atoms with E-state index in [0.29, 0.717) is 10.2 Å². The fourth-order valence-electron chi connectivity index (χ4n) is 2.37. The molecule has 144 valence electrons. The fourth-order valence-corrected chi connectivity index (χ4v) is 3.26. The van der Waals surface area contributed by atoms with Crippen molar-refractivity contribution < 1.29 is 14.3 Å². The highest BCUT2D eigenvalue weighted by Gasteiger charge is 2.21. The molecule has 3 rings (SSSR count). The molecule has 0 saturated carbocycles. The number of pyridine rings is 1. The van der Waals surface area contributed by atoms with E-state index in [4.69, 9.17) is 16.3 Å². The lowest BCUT2D eigenvalue weighted by Gasteiger charge is -2.12. The van der Waals surface area contributed by atoms with Gasteiger partial charge in [0.1, 0.15) is 5.69 Å². The maximum absolute atomic E-state index is 12.3.